The van der Waals surface area contributed by atoms with Crippen molar-refractivity contribution in [1.82, 2.24) is 15.2 Å². The summed E-state index contributed by atoms with van der Waals surface area (Å²) in [6.07, 6.45) is 1.68. The number of nitrogens with zero attached hydrogens (tertiary/aromatic N) is 3. The molecule has 0 fully saturated rings. The molecule has 0 saturated heterocycles. The van der Waals surface area contributed by atoms with E-state index in [2.05, 4.69) is 31.1 Å². The second-order valence-electron chi connectivity index (χ2n) is 2.46. The molecule has 5 heteroatoms. The van der Waals surface area contributed by atoms with E-state index in [1.165, 1.54) is 0 Å². The van der Waals surface area contributed by atoms with Gasteiger partial charge in [-0.3, -0.25) is 0 Å². The Labute approximate surface area is 83.1 Å². The van der Waals surface area contributed by atoms with Gasteiger partial charge >= 0.3 is 0 Å². The van der Waals surface area contributed by atoms with E-state index in [0.717, 1.165) is 4.47 Å². The number of pyridine rings is 1. The zero-order valence-corrected chi connectivity index (χ0v) is 8.45. The van der Waals surface area contributed by atoms with Gasteiger partial charge in [-0.1, -0.05) is 0 Å². The second kappa shape index (κ2) is 3.26. The Bertz CT molecular complexity index is 427. The highest BCUT2D eigenvalue weighted by atomic mass is 79.9. The first-order valence-corrected chi connectivity index (χ1v) is 4.47. The van der Waals surface area contributed by atoms with E-state index < -0.39 is 0 Å². The van der Waals surface area contributed by atoms with Crippen molar-refractivity contribution >= 4 is 15.9 Å². The molecule has 0 saturated carbocycles. The fourth-order valence-electron chi connectivity index (χ4n) is 0.935. The maximum Gasteiger partial charge on any atom is 0.267 e. The van der Waals surface area contributed by atoms with E-state index in [-0.39, 0.29) is 0 Å². The van der Waals surface area contributed by atoms with Gasteiger partial charge in [0.15, 0.2) is 0 Å². The van der Waals surface area contributed by atoms with Gasteiger partial charge in [-0.05, 0) is 28.1 Å². The SMILES string of the molecule is Cc1nnc(-c2ncccc2Br)o1. The molecule has 2 aromatic heterocycles. The predicted molar refractivity (Wildman–Crippen MR) is 50.0 cm³/mol. The summed E-state index contributed by atoms with van der Waals surface area (Å²) in [5.74, 6) is 0.970. The Morgan fingerprint density at radius 2 is 2.23 bits per heavy atom. The van der Waals surface area contributed by atoms with Gasteiger partial charge in [-0.2, -0.15) is 0 Å². The fourth-order valence-corrected chi connectivity index (χ4v) is 1.36. The number of rotatable bonds is 1. The van der Waals surface area contributed by atoms with E-state index in [1.54, 1.807) is 13.1 Å². The van der Waals surface area contributed by atoms with Crippen LogP contribution >= 0.6 is 15.9 Å². The van der Waals surface area contributed by atoms with Crippen LogP contribution in [0.5, 0.6) is 0 Å². The third-order valence-corrected chi connectivity index (χ3v) is 2.13. The van der Waals surface area contributed by atoms with Gasteiger partial charge in [-0.15, -0.1) is 10.2 Å². The first-order chi connectivity index (χ1) is 6.27. The second-order valence-corrected chi connectivity index (χ2v) is 3.31. The molecule has 0 aromatic carbocycles. The first kappa shape index (κ1) is 8.37. The van der Waals surface area contributed by atoms with E-state index >= 15 is 0 Å². The topological polar surface area (TPSA) is 51.8 Å². The van der Waals surface area contributed by atoms with Crippen LogP contribution in [0.1, 0.15) is 5.89 Å². The highest BCUT2D eigenvalue weighted by Gasteiger charge is 2.09. The molecule has 2 rings (SSSR count). The summed E-state index contributed by atoms with van der Waals surface area (Å²) in [4.78, 5) is 4.12. The van der Waals surface area contributed by atoms with Gasteiger partial charge in [0.25, 0.3) is 5.89 Å². The summed E-state index contributed by atoms with van der Waals surface area (Å²) in [5.41, 5.74) is 0.670. The molecule has 0 N–H and O–H groups in total. The number of halogens is 1. The number of hydrogen-bond donors (Lipinski definition) is 0. The van der Waals surface area contributed by atoms with Crippen molar-refractivity contribution in [2.75, 3.05) is 0 Å². The van der Waals surface area contributed by atoms with Gasteiger partial charge in [0, 0.05) is 17.6 Å². The van der Waals surface area contributed by atoms with Crippen molar-refractivity contribution < 1.29 is 4.42 Å². The van der Waals surface area contributed by atoms with Gasteiger partial charge in [0.2, 0.25) is 5.89 Å². The molecule has 0 radical (unpaired) electrons. The Hall–Kier alpha value is -1.23. The van der Waals surface area contributed by atoms with Crippen LogP contribution in [0.25, 0.3) is 11.6 Å². The highest BCUT2D eigenvalue weighted by molar-refractivity contribution is 9.10. The molecule has 66 valence electrons. The maximum atomic E-state index is 5.24. The van der Waals surface area contributed by atoms with Crippen LogP contribution in [0.4, 0.5) is 0 Å². The van der Waals surface area contributed by atoms with Gasteiger partial charge in [0.05, 0.1) is 0 Å². The number of aryl methyl sites for hydroxylation is 1. The average Bonchev–Trinajstić information content (AvgIpc) is 2.53. The van der Waals surface area contributed by atoms with Gasteiger partial charge in [-0.25, -0.2) is 4.98 Å². The minimum atomic E-state index is 0.435. The van der Waals surface area contributed by atoms with Crippen LogP contribution < -0.4 is 0 Å². The van der Waals surface area contributed by atoms with E-state index in [9.17, 15) is 0 Å². The molecule has 0 spiro atoms. The molecule has 0 bridgehead atoms. The standard InChI is InChI=1S/C8H6BrN3O/c1-5-11-12-8(13-5)7-6(9)3-2-4-10-7/h2-4H,1H3. The summed E-state index contributed by atoms with van der Waals surface area (Å²) < 4.78 is 6.08. The summed E-state index contributed by atoms with van der Waals surface area (Å²) in [7, 11) is 0. The summed E-state index contributed by atoms with van der Waals surface area (Å²) in [6, 6.07) is 3.71. The third-order valence-electron chi connectivity index (χ3n) is 1.49. The molecular weight excluding hydrogens is 234 g/mol. The first-order valence-electron chi connectivity index (χ1n) is 3.68. The molecule has 2 heterocycles. The molecule has 0 aliphatic rings. The van der Waals surface area contributed by atoms with Crippen molar-refractivity contribution in [2.24, 2.45) is 0 Å². The van der Waals surface area contributed by atoms with Gasteiger partial charge < -0.3 is 4.42 Å². The Balaban J connectivity index is 2.52. The minimum Gasteiger partial charge on any atom is -0.420 e. The fraction of sp³-hybridized carbons (Fsp3) is 0.125. The Kier molecular flexibility index (Phi) is 2.10. The molecule has 0 aliphatic carbocycles. The van der Waals surface area contributed by atoms with Crippen LogP contribution in [0.3, 0.4) is 0 Å². The largest absolute Gasteiger partial charge is 0.420 e. The van der Waals surface area contributed by atoms with Crippen molar-refractivity contribution in [3.05, 3.63) is 28.7 Å². The number of aromatic nitrogens is 3. The molecule has 0 amide bonds. The van der Waals surface area contributed by atoms with Crippen molar-refractivity contribution in [3.8, 4) is 11.6 Å². The average molecular weight is 240 g/mol. The van der Waals surface area contributed by atoms with Crippen LogP contribution in [-0.2, 0) is 0 Å². The van der Waals surface area contributed by atoms with Crippen molar-refractivity contribution in [2.45, 2.75) is 6.92 Å². The number of hydrogen-bond acceptors (Lipinski definition) is 4. The van der Waals surface area contributed by atoms with Gasteiger partial charge in [0.1, 0.15) is 5.69 Å². The maximum absolute atomic E-state index is 5.24. The van der Waals surface area contributed by atoms with E-state index in [0.29, 0.717) is 17.5 Å². The quantitative estimate of drug-likeness (QED) is 0.766. The summed E-state index contributed by atoms with van der Waals surface area (Å²) in [5, 5.41) is 7.59. The monoisotopic (exact) mass is 239 g/mol. The van der Waals surface area contributed by atoms with Crippen molar-refractivity contribution in [1.29, 1.82) is 0 Å². The zero-order valence-electron chi connectivity index (χ0n) is 6.86. The van der Waals surface area contributed by atoms with Crippen molar-refractivity contribution in [3.63, 3.8) is 0 Å². The van der Waals surface area contributed by atoms with E-state index in [1.807, 2.05) is 12.1 Å². The Morgan fingerprint density at radius 1 is 1.38 bits per heavy atom. The molecule has 0 aliphatic heterocycles. The smallest absolute Gasteiger partial charge is 0.267 e. The van der Waals surface area contributed by atoms with Crippen LogP contribution in [0.2, 0.25) is 0 Å². The lowest BCUT2D eigenvalue weighted by molar-refractivity contribution is 0.530. The van der Waals surface area contributed by atoms with Crippen LogP contribution in [0, 0.1) is 6.92 Å². The third kappa shape index (κ3) is 1.60. The zero-order chi connectivity index (χ0) is 9.26. The predicted octanol–water partition coefficient (Wildman–Crippen LogP) is 2.20. The molecular formula is C8H6BrN3O. The molecule has 2 aromatic rings. The van der Waals surface area contributed by atoms with Crippen LogP contribution in [-0.4, -0.2) is 15.2 Å². The summed E-state index contributed by atoms with van der Waals surface area (Å²) >= 11 is 3.35. The lowest BCUT2D eigenvalue weighted by Gasteiger charge is -1.95. The molecule has 0 unspecified atom stereocenters. The Morgan fingerprint density at radius 3 is 2.85 bits per heavy atom. The van der Waals surface area contributed by atoms with E-state index in [4.69, 9.17) is 4.42 Å². The summed E-state index contributed by atoms with van der Waals surface area (Å²) in [6.45, 7) is 1.74. The normalized spacial score (nSPS) is 10.3. The molecule has 13 heavy (non-hydrogen) atoms. The highest BCUT2D eigenvalue weighted by Crippen LogP contribution is 2.23. The molecule has 4 nitrogen and oxygen atoms in total. The lowest BCUT2D eigenvalue weighted by Crippen LogP contribution is -1.83. The lowest BCUT2D eigenvalue weighted by atomic mass is 10.3. The van der Waals surface area contributed by atoms with Crippen LogP contribution in [0.15, 0.2) is 27.2 Å². The molecule has 0 atom stereocenters. The minimum absolute atomic E-state index is 0.435.